The van der Waals surface area contributed by atoms with Gasteiger partial charge in [0.2, 0.25) is 0 Å². The molecule has 9 heavy (non-hydrogen) atoms. The Morgan fingerprint density at radius 2 is 2.22 bits per heavy atom. The predicted molar refractivity (Wildman–Crippen MR) is 37.7 cm³/mol. The first-order chi connectivity index (χ1) is 4.04. The minimum atomic E-state index is -0.208. The van der Waals surface area contributed by atoms with E-state index in [4.69, 9.17) is 11.6 Å². The summed E-state index contributed by atoms with van der Waals surface area (Å²) < 4.78 is 0. The molecule has 2 heteroatoms. The van der Waals surface area contributed by atoms with Crippen molar-refractivity contribution in [2.45, 2.75) is 32.1 Å². The van der Waals surface area contributed by atoms with Crippen molar-refractivity contribution in [2.75, 3.05) is 0 Å². The molecule has 1 nitrogen and oxygen atoms in total. The van der Waals surface area contributed by atoms with Crippen LogP contribution >= 0.6 is 11.6 Å². The monoisotopic (exact) mass is 146 g/mol. The second-order valence-corrected chi connectivity index (χ2v) is 3.78. The van der Waals surface area contributed by atoms with Gasteiger partial charge in [0.1, 0.15) is 0 Å². The molecule has 1 saturated carbocycles. The third-order valence-electron chi connectivity index (χ3n) is 1.97. The average molecular weight is 147 g/mol. The van der Waals surface area contributed by atoms with E-state index in [1.165, 1.54) is 0 Å². The third-order valence-corrected chi connectivity index (χ3v) is 2.39. The quantitative estimate of drug-likeness (QED) is 0.478. The molecule has 0 amide bonds. The minimum Gasteiger partial charge on any atom is -0.297 e. The molecule has 0 N–H and O–H groups in total. The maximum absolute atomic E-state index is 11.1. The lowest BCUT2D eigenvalue weighted by atomic mass is 9.91. The molecule has 1 rings (SSSR count). The predicted octanol–water partition coefficient (Wildman–Crippen LogP) is 1.98. The number of hydrogen-bond donors (Lipinski definition) is 0. The lowest BCUT2D eigenvalue weighted by Gasteiger charge is -2.12. The summed E-state index contributed by atoms with van der Waals surface area (Å²) in [6.07, 6.45) is 1.80. The molecule has 0 saturated heterocycles. The van der Waals surface area contributed by atoms with Crippen molar-refractivity contribution in [1.82, 2.24) is 0 Å². The first-order valence-electron chi connectivity index (χ1n) is 3.22. The summed E-state index contributed by atoms with van der Waals surface area (Å²) in [7, 11) is 0. The van der Waals surface area contributed by atoms with Gasteiger partial charge in [0.25, 0.3) is 0 Å². The SMILES string of the molecule is CC1(C)CCC(Cl)C1=O. The maximum Gasteiger partial charge on any atom is 0.156 e. The summed E-state index contributed by atoms with van der Waals surface area (Å²) in [6, 6.07) is 0. The fraction of sp³-hybridized carbons (Fsp3) is 0.857. The molecule has 1 unspecified atom stereocenters. The molecule has 0 spiro atoms. The number of ketones is 1. The molecule has 0 aromatic heterocycles. The molecule has 1 fully saturated rings. The van der Waals surface area contributed by atoms with Gasteiger partial charge in [-0.15, -0.1) is 11.6 Å². The number of carbonyl (C=O) groups excluding carboxylic acids is 1. The number of rotatable bonds is 0. The van der Waals surface area contributed by atoms with E-state index < -0.39 is 0 Å². The van der Waals surface area contributed by atoms with Gasteiger partial charge in [-0.3, -0.25) is 4.79 Å². The largest absolute Gasteiger partial charge is 0.297 e. The lowest BCUT2D eigenvalue weighted by molar-refractivity contribution is -0.123. The van der Waals surface area contributed by atoms with Crippen molar-refractivity contribution < 1.29 is 4.79 Å². The van der Waals surface area contributed by atoms with Crippen LogP contribution in [0.25, 0.3) is 0 Å². The Morgan fingerprint density at radius 3 is 2.33 bits per heavy atom. The zero-order valence-corrected chi connectivity index (χ0v) is 6.53. The first-order valence-corrected chi connectivity index (χ1v) is 3.66. The van der Waals surface area contributed by atoms with Crippen LogP contribution in [0.2, 0.25) is 0 Å². The van der Waals surface area contributed by atoms with E-state index in [-0.39, 0.29) is 16.6 Å². The van der Waals surface area contributed by atoms with Crippen LogP contribution in [0.5, 0.6) is 0 Å². The standard InChI is InChI=1S/C7H11ClO/c1-7(2)4-3-5(8)6(7)9/h5H,3-4H2,1-2H3. The molecular weight excluding hydrogens is 136 g/mol. The summed E-state index contributed by atoms with van der Waals surface area (Å²) >= 11 is 5.70. The maximum atomic E-state index is 11.1. The van der Waals surface area contributed by atoms with Crippen LogP contribution in [0.15, 0.2) is 0 Å². The fourth-order valence-electron chi connectivity index (χ4n) is 1.17. The van der Waals surface area contributed by atoms with Crippen LogP contribution in [-0.4, -0.2) is 11.2 Å². The highest BCUT2D eigenvalue weighted by atomic mass is 35.5. The van der Waals surface area contributed by atoms with E-state index >= 15 is 0 Å². The molecule has 52 valence electrons. The Kier molecular flexibility index (Phi) is 1.55. The van der Waals surface area contributed by atoms with Gasteiger partial charge in [-0.1, -0.05) is 13.8 Å². The molecule has 0 heterocycles. The van der Waals surface area contributed by atoms with Crippen LogP contribution in [0.1, 0.15) is 26.7 Å². The first kappa shape index (κ1) is 7.07. The van der Waals surface area contributed by atoms with E-state index in [2.05, 4.69) is 0 Å². The highest BCUT2D eigenvalue weighted by Gasteiger charge is 2.38. The molecule has 0 aromatic rings. The van der Waals surface area contributed by atoms with Gasteiger partial charge in [-0.25, -0.2) is 0 Å². The van der Waals surface area contributed by atoms with Crippen molar-refractivity contribution in [3.8, 4) is 0 Å². The Morgan fingerprint density at radius 1 is 1.67 bits per heavy atom. The Labute approximate surface area is 60.4 Å². The number of carbonyl (C=O) groups is 1. The van der Waals surface area contributed by atoms with Gasteiger partial charge in [0, 0.05) is 5.41 Å². The van der Waals surface area contributed by atoms with Crippen molar-refractivity contribution in [2.24, 2.45) is 5.41 Å². The number of alkyl halides is 1. The van der Waals surface area contributed by atoms with Gasteiger partial charge in [-0.2, -0.15) is 0 Å². The smallest absolute Gasteiger partial charge is 0.156 e. The molecule has 0 radical (unpaired) electrons. The van der Waals surface area contributed by atoms with E-state index in [9.17, 15) is 4.79 Å². The van der Waals surface area contributed by atoms with Crippen LogP contribution in [0.3, 0.4) is 0 Å². The normalized spacial score (nSPS) is 33.2. The van der Waals surface area contributed by atoms with Gasteiger partial charge >= 0.3 is 0 Å². The van der Waals surface area contributed by atoms with Gasteiger partial charge in [0.15, 0.2) is 5.78 Å². The summed E-state index contributed by atoms with van der Waals surface area (Å²) in [6.45, 7) is 3.91. The van der Waals surface area contributed by atoms with Crippen molar-refractivity contribution >= 4 is 17.4 Å². The second kappa shape index (κ2) is 1.98. The minimum absolute atomic E-state index is 0.146. The average Bonchev–Trinajstić information content (AvgIpc) is 1.97. The fourth-order valence-corrected chi connectivity index (χ4v) is 1.57. The number of Topliss-reactive ketones (excluding diaryl/α,β-unsaturated/α-hetero) is 1. The van der Waals surface area contributed by atoms with E-state index in [1.807, 2.05) is 13.8 Å². The van der Waals surface area contributed by atoms with E-state index in [0.717, 1.165) is 12.8 Å². The Balaban J connectivity index is 2.74. The number of hydrogen-bond acceptors (Lipinski definition) is 1. The molecule has 1 aliphatic rings. The van der Waals surface area contributed by atoms with E-state index in [0.29, 0.717) is 0 Å². The van der Waals surface area contributed by atoms with Crippen LogP contribution in [-0.2, 0) is 4.79 Å². The Hall–Kier alpha value is -0.0400. The molecule has 1 atom stereocenters. The molecule has 0 bridgehead atoms. The van der Waals surface area contributed by atoms with Crippen molar-refractivity contribution in [3.63, 3.8) is 0 Å². The summed E-state index contributed by atoms with van der Waals surface area (Å²) in [5.74, 6) is 0.212. The van der Waals surface area contributed by atoms with Crippen molar-refractivity contribution in [3.05, 3.63) is 0 Å². The van der Waals surface area contributed by atoms with Gasteiger partial charge < -0.3 is 0 Å². The third kappa shape index (κ3) is 1.11. The number of halogens is 1. The van der Waals surface area contributed by atoms with Crippen LogP contribution in [0.4, 0.5) is 0 Å². The lowest BCUT2D eigenvalue weighted by Crippen LogP contribution is -2.21. The molecular formula is C7H11ClO. The van der Waals surface area contributed by atoms with Crippen molar-refractivity contribution in [1.29, 1.82) is 0 Å². The zero-order valence-electron chi connectivity index (χ0n) is 5.78. The van der Waals surface area contributed by atoms with E-state index in [1.54, 1.807) is 0 Å². The zero-order chi connectivity index (χ0) is 7.07. The topological polar surface area (TPSA) is 17.1 Å². The van der Waals surface area contributed by atoms with Gasteiger partial charge in [-0.05, 0) is 12.8 Å². The highest BCUT2D eigenvalue weighted by molar-refractivity contribution is 6.32. The summed E-state index contributed by atoms with van der Waals surface area (Å²) in [5.41, 5.74) is -0.146. The van der Waals surface area contributed by atoms with Gasteiger partial charge in [0.05, 0.1) is 5.38 Å². The molecule has 0 aromatic carbocycles. The highest BCUT2D eigenvalue weighted by Crippen LogP contribution is 2.36. The van der Waals surface area contributed by atoms with Crippen LogP contribution in [0, 0.1) is 5.41 Å². The Bertz CT molecular complexity index is 140. The van der Waals surface area contributed by atoms with Crippen LogP contribution < -0.4 is 0 Å². The second-order valence-electron chi connectivity index (χ2n) is 3.25. The summed E-state index contributed by atoms with van der Waals surface area (Å²) in [4.78, 5) is 11.1. The molecule has 1 aliphatic carbocycles. The molecule has 0 aliphatic heterocycles. The summed E-state index contributed by atoms with van der Waals surface area (Å²) in [5, 5.41) is -0.208.